The van der Waals surface area contributed by atoms with Crippen LogP contribution in [0.4, 0.5) is 4.39 Å². The summed E-state index contributed by atoms with van der Waals surface area (Å²) in [6.07, 6.45) is 3.25. The monoisotopic (exact) mass is 308 g/mol. The van der Waals surface area contributed by atoms with Crippen LogP contribution in [-0.2, 0) is 12.8 Å². The van der Waals surface area contributed by atoms with Gasteiger partial charge in [0.05, 0.1) is 11.6 Å². The molecule has 0 aliphatic rings. The molecule has 1 aromatic carbocycles. The summed E-state index contributed by atoms with van der Waals surface area (Å²) in [7, 11) is 1.83. The Morgan fingerprint density at radius 3 is 3.00 bits per heavy atom. The quantitative estimate of drug-likeness (QED) is 0.549. The van der Waals surface area contributed by atoms with Crippen LogP contribution in [0.15, 0.2) is 35.7 Å². The van der Waals surface area contributed by atoms with Gasteiger partial charge in [0, 0.05) is 17.8 Å². The van der Waals surface area contributed by atoms with E-state index in [0.29, 0.717) is 10.8 Å². The molecule has 3 aromatic rings. The lowest BCUT2D eigenvalue weighted by Crippen LogP contribution is -1.93. The van der Waals surface area contributed by atoms with E-state index in [9.17, 15) is 4.39 Å². The van der Waals surface area contributed by atoms with Crippen molar-refractivity contribution >= 4 is 34.4 Å². The predicted octanol–water partition coefficient (Wildman–Crippen LogP) is 3.45. The van der Waals surface area contributed by atoms with Crippen molar-refractivity contribution in [3.8, 4) is 0 Å². The zero-order chi connectivity index (χ0) is 14.1. The summed E-state index contributed by atoms with van der Waals surface area (Å²) in [5.41, 5.74) is 1.65. The number of hydrogen-bond acceptors (Lipinski definition) is 4. The molecule has 0 aliphatic carbocycles. The third-order valence-corrected chi connectivity index (χ3v) is 4.28. The highest BCUT2D eigenvalue weighted by Crippen LogP contribution is 2.29. The second-order valence-corrected chi connectivity index (χ2v) is 5.58. The zero-order valence-corrected chi connectivity index (χ0v) is 12.1. The average molecular weight is 309 g/mol. The summed E-state index contributed by atoms with van der Waals surface area (Å²) in [5, 5.41) is 6.33. The maximum absolute atomic E-state index is 13.0. The molecule has 0 bridgehead atoms. The minimum atomic E-state index is -0.333. The van der Waals surface area contributed by atoms with E-state index in [1.165, 1.54) is 30.2 Å². The van der Waals surface area contributed by atoms with Crippen LogP contribution in [0.25, 0.3) is 11.0 Å². The van der Waals surface area contributed by atoms with E-state index < -0.39 is 0 Å². The molecule has 102 valence electrons. The standard InChI is InChI=1S/C13H10ClFN4S/c1-19-12-10(5-18-19)13(17-7-16-12)20-6-8-2-3-9(15)4-11(8)14/h2-5,7H,6H2,1H3. The van der Waals surface area contributed by atoms with Crippen molar-refractivity contribution in [3.63, 3.8) is 0 Å². The van der Waals surface area contributed by atoms with Crippen LogP contribution in [0, 0.1) is 5.82 Å². The van der Waals surface area contributed by atoms with E-state index >= 15 is 0 Å². The van der Waals surface area contributed by atoms with Gasteiger partial charge in [-0.3, -0.25) is 4.68 Å². The number of thioether (sulfide) groups is 1. The Hall–Kier alpha value is -1.66. The summed E-state index contributed by atoms with van der Waals surface area (Å²) < 4.78 is 14.7. The van der Waals surface area contributed by atoms with Crippen molar-refractivity contribution in [1.82, 2.24) is 19.7 Å². The molecule has 0 amide bonds. The molecule has 0 radical (unpaired) electrons. The molecule has 0 saturated carbocycles. The topological polar surface area (TPSA) is 43.6 Å². The normalized spacial score (nSPS) is 11.2. The molecular formula is C13H10ClFN4S. The number of halogens is 2. The second kappa shape index (κ2) is 5.38. The Morgan fingerprint density at radius 2 is 2.20 bits per heavy atom. The first kappa shape index (κ1) is 13.3. The van der Waals surface area contributed by atoms with Crippen LogP contribution in [0.2, 0.25) is 5.02 Å². The van der Waals surface area contributed by atoms with Crippen molar-refractivity contribution in [2.24, 2.45) is 7.05 Å². The van der Waals surface area contributed by atoms with Gasteiger partial charge in [-0.05, 0) is 17.7 Å². The zero-order valence-electron chi connectivity index (χ0n) is 10.5. The van der Waals surface area contributed by atoms with Gasteiger partial charge in [0.1, 0.15) is 17.2 Å². The van der Waals surface area contributed by atoms with Gasteiger partial charge >= 0.3 is 0 Å². The first-order chi connectivity index (χ1) is 9.65. The van der Waals surface area contributed by atoms with Gasteiger partial charge in [-0.25, -0.2) is 14.4 Å². The summed E-state index contributed by atoms with van der Waals surface area (Å²) in [4.78, 5) is 8.45. The summed E-state index contributed by atoms with van der Waals surface area (Å²) >= 11 is 7.54. The molecule has 20 heavy (non-hydrogen) atoms. The van der Waals surface area contributed by atoms with Gasteiger partial charge in [0.2, 0.25) is 0 Å². The van der Waals surface area contributed by atoms with Crippen LogP contribution < -0.4 is 0 Å². The summed E-state index contributed by atoms with van der Waals surface area (Å²) in [6, 6.07) is 4.41. The first-order valence-electron chi connectivity index (χ1n) is 5.84. The highest BCUT2D eigenvalue weighted by atomic mass is 35.5. The SMILES string of the molecule is Cn1ncc2c(SCc3ccc(F)cc3Cl)ncnc21. The highest BCUT2D eigenvalue weighted by Gasteiger charge is 2.09. The number of hydrogen-bond donors (Lipinski definition) is 0. The molecule has 0 atom stereocenters. The largest absolute Gasteiger partial charge is 0.250 e. The van der Waals surface area contributed by atoms with E-state index in [0.717, 1.165) is 21.6 Å². The van der Waals surface area contributed by atoms with Crippen LogP contribution in [0.1, 0.15) is 5.56 Å². The van der Waals surface area contributed by atoms with Crippen LogP contribution in [0.3, 0.4) is 0 Å². The average Bonchev–Trinajstić information content (AvgIpc) is 2.80. The molecule has 7 heteroatoms. The smallest absolute Gasteiger partial charge is 0.162 e. The van der Waals surface area contributed by atoms with E-state index in [1.54, 1.807) is 16.9 Å². The van der Waals surface area contributed by atoms with Crippen molar-refractivity contribution in [1.29, 1.82) is 0 Å². The molecule has 0 aliphatic heterocycles. The van der Waals surface area contributed by atoms with Gasteiger partial charge in [0.15, 0.2) is 5.65 Å². The molecule has 0 saturated heterocycles. The number of rotatable bonds is 3. The van der Waals surface area contributed by atoms with Gasteiger partial charge in [-0.2, -0.15) is 5.10 Å². The van der Waals surface area contributed by atoms with Gasteiger partial charge in [-0.15, -0.1) is 11.8 Å². The first-order valence-corrected chi connectivity index (χ1v) is 7.21. The van der Waals surface area contributed by atoms with Crippen molar-refractivity contribution < 1.29 is 4.39 Å². The minimum Gasteiger partial charge on any atom is -0.250 e. The van der Waals surface area contributed by atoms with E-state index in [1.807, 2.05) is 7.05 Å². The lowest BCUT2D eigenvalue weighted by molar-refractivity contribution is 0.627. The third-order valence-electron chi connectivity index (χ3n) is 2.87. The second-order valence-electron chi connectivity index (χ2n) is 4.21. The summed E-state index contributed by atoms with van der Waals surface area (Å²) in [5.74, 6) is 0.278. The van der Waals surface area contributed by atoms with E-state index in [4.69, 9.17) is 11.6 Å². The molecule has 2 heterocycles. The number of nitrogens with zero attached hydrogens (tertiary/aromatic N) is 4. The van der Waals surface area contributed by atoms with Crippen LogP contribution in [0.5, 0.6) is 0 Å². The fraction of sp³-hybridized carbons (Fsp3) is 0.154. The van der Waals surface area contributed by atoms with E-state index in [-0.39, 0.29) is 5.82 Å². The number of fused-ring (bicyclic) bond motifs is 1. The molecule has 4 nitrogen and oxygen atoms in total. The maximum atomic E-state index is 13.0. The highest BCUT2D eigenvalue weighted by molar-refractivity contribution is 7.98. The third kappa shape index (κ3) is 2.48. The van der Waals surface area contributed by atoms with Gasteiger partial charge in [-0.1, -0.05) is 17.7 Å². The maximum Gasteiger partial charge on any atom is 0.162 e. The molecular weight excluding hydrogens is 299 g/mol. The predicted molar refractivity (Wildman–Crippen MR) is 77.3 cm³/mol. The van der Waals surface area contributed by atoms with Crippen LogP contribution in [-0.4, -0.2) is 19.7 Å². The van der Waals surface area contributed by atoms with Crippen LogP contribution >= 0.6 is 23.4 Å². The Labute approximate surface area is 124 Å². The Morgan fingerprint density at radius 1 is 1.35 bits per heavy atom. The molecule has 0 unspecified atom stereocenters. The van der Waals surface area contributed by atoms with Crippen molar-refractivity contribution in [2.45, 2.75) is 10.8 Å². The minimum absolute atomic E-state index is 0.333. The lowest BCUT2D eigenvalue weighted by Gasteiger charge is -2.04. The summed E-state index contributed by atoms with van der Waals surface area (Å²) in [6.45, 7) is 0. The Bertz CT molecular complexity index is 774. The Balaban J connectivity index is 1.87. The number of benzene rings is 1. The Kier molecular flexibility index (Phi) is 3.58. The molecule has 0 N–H and O–H groups in total. The number of aromatic nitrogens is 4. The lowest BCUT2D eigenvalue weighted by atomic mass is 10.2. The number of aryl methyl sites for hydroxylation is 1. The fourth-order valence-electron chi connectivity index (χ4n) is 1.84. The fourth-order valence-corrected chi connectivity index (χ4v) is 3.12. The molecule has 3 rings (SSSR count). The van der Waals surface area contributed by atoms with Gasteiger partial charge in [0.25, 0.3) is 0 Å². The molecule has 0 spiro atoms. The van der Waals surface area contributed by atoms with Crippen molar-refractivity contribution in [3.05, 3.63) is 47.1 Å². The van der Waals surface area contributed by atoms with Gasteiger partial charge < -0.3 is 0 Å². The molecule has 2 aromatic heterocycles. The van der Waals surface area contributed by atoms with E-state index in [2.05, 4.69) is 15.1 Å². The van der Waals surface area contributed by atoms with Crippen molar-refractivity contribution in [2.75, 3.05) is 0 Å². The molecule has 0 fully saturated rings.